The molecule has 0 aromatic heterocycles. The van der Waals surface area contributed by atoms with Gasteiger partial charge in [0, 0.05) is 12.5 Å². The van der Waals surface area contributed by atoms with Gasteiger partial charge in [-0.1, -0.05) is 33.9 Å². The van der Waals surface area contributed by atoms with Crippen molar-refractivity contribution in [1.29, 1.82) is 0 Å². The average molecular weight is 432 g/mol. The molecule has 0 radical (unpaired) electrons. The lowest BCUT2D eigenvalue weighted by molar-refractivity contribution is -0.113. The van der Waals surface area contributed by atoms with Crippen LogP contribution in [0.1, 0.15) is 38.8 Å². The highest BCUT2D eigenvalue weighted by atomic mass is 32.1. The van der Waals surface area contributed by atoms with Crippen LogP contribution in [0, 0.1) is 11.6 Å². The molecular weight excluding hydrogens is 404 g/mol. The highest BCUT2D eigenvalue weighted by Gasteiger charge is 2.42. The fourth-order valence-corrected chi connectivity index (χ4v) is 3.98. The highest BCUT2D eigenvalue weighted by molar-refractivity contribution is 7.80. The van der Waals surface area contributed by atoms with Gasteiger partial charge in [-0.2, -0.15) is 0 Å². The molecule has 156 valence electrons. The molecule has 1 amide bonds. The first kappa shape index (κ1) is 24.0. The van der Waals surface area contributed by atoms with E-state index in [0.29, 0.717) is 0 Å². The maximum absolute atomic E-state index is 13.7. The van der Waals surface area contributed by atoms with E-state index in [2.05, 4.69) is 20.9 Å². The van der Waals surface area contributed by atoms with Gasteiger partial charge in [0.1, 0.15) is 25.1 Å². The number of methoxy groups -OCH3 is 1. The summed E-state index contributed by atoms with van der Waals surface area (Å²) < 4.78 is 31.9. The minimum atomic E-state index is -2.34. The molecule has 3 N–H and O–H groups in total. The number of thiocarbonyl (C=S) groups is 1. The Morgan fingerprint density at radius 1 is 1.14 bits per heavy atom. The number of carbonyl (C=O) groups excluding carboxylic acids is 2. The first-order valence-electron chi connectivity index (χ1n) is 8.67. The predicted molar refractivity (Wildman–Crippen MR) is 110 cm³/mol. The third-order valence-corrected chi connectivity index (χ3v) is 10.6. The lowest BCUT2D eigenvalue weighted by Crippen LogP contribution is -2.50. The van der Waals surface area contributed by atoms with E-state index in [1.54, 1.807) is 0 Å². The van der Waals surface area contributed by atoms with Gasteiger partial charge in [0.2, 0.25) is 0 Å². The number of hydrazine groups is 1. The van der Waals surface area contributed by atoms with Gasteiger partial charge in [-0.15, -0.1) is 0 Å². The van der Waals surface area contributed by atoms with E-state index in [0.717, 1.165) is 18.2 Å². The molecule has 0 saturated heterocycles. The van der Waals surface area contributed by atoms with Crippen molar-refractivity contribution in [3.05, 3.63) is 35.4 Å². The topological polar surface area (TPSA) is 79.5 Å². The van der Waals surface area contributed by atoms with E-state index in [1.165, 1.54) is 7.11 Å². The zero-order chi connectivity index (χ0) is 21.7. The van der Waals surface area contributed by atoms with Gasteiger partial charge in [-0.3, -0.25) is 5.43 Å². The zero-order valence-electron chi connectivity index (χ0n) is 16.9. The van der Waals surface area contributed by atoms with Crippen molar-refractivity contribution in [2.75, 3.05) is 7.11 Å². The summed E-state index contributed by atoms with van der Waals surface area (Å²) in [5.74, 6) is -1.51. The van der Waals surface area contributed by atoms with E-state index < -0.39 is 31.8 Å². The molecule has 0 aliphatic heterocycles. The maximum atomic E-state index is 13.7. The van der Waals surface area contributed by atoms with Gasteiger partial charge in [-0.05, 0) is 35.0 Å². The smallest absolute Gasteiger partial charge is 0.425 e. The van der Waals surface area contributed by atoms with Crippen LogP contribution >= 0.6 is 12.2 Å². The van der Waals surface area contributed by atoms with Gasteiger partial charge < -0.3 is 14.8 Å². The monoisotopic (exact) mass is 431 g/mol. The lowest BCUT2D eigenvalue weighted by Gasteiger charge is -2.36. The molecule has 0 aliphatic carbocycles. The molecular formula is C18H27F2N3O3SSi. The van der Waals surface area contributed by atoms with Crippen LogP contribution in [0.3, 0.4) is 0 Å². The summed E-state index contributed by atoms with van der Waals surface area (Å²) in [5, 5.41) is 2.66. The van der Waals surface area contributed by atoms with Crippen LogP contribution in [-0.2, 0) is 9.53 Å². The highest BCUT2D eigenvalue weighted by Crippen LogP contribution is 2.38. The van der Waals surface area contributed by atoms with E-state index in [9.17, 15) is 18.4 Å². The zero-order valence-corrected chi connectivity index (χ0v) is 18.7. The first-order chi connectivity index (χ1) is 12.8. The Kier molecular flexibility index (Phi) is 8.06. The van der Waals surface area contributed by atoms with E-state index >= 15 is 0 Å². The van der Waals surface area contributed by atoms with Crippen LogP contribution in [0.4, 0.5) is 13.6 Å². The Morgan fingerprint density at radius 3 is 2.14 bits per heavy atom. The number of benzene rings is 1. The van der Waals surface area contributed by atoms with E-state index in [1.807, 2.05) is 33.9 Å². The van der Waals surface area contributed by atoms with Crippen molar-refractivity contribution < 1.29 is 23.1 Å². The van der Waals surface area contributed by atoms with Gasteiger partial charge in [0.25, 0.3) is 0 Å². The summed E-state index contributed by atoms with van der Waals surface area (Å²) >= 11 is 5.10. The van der Waals surface area contributed by atoms with Gasteiger partial charge in [0.05, 0.1) is 13.2 Å². The summed E-state index contributed by atoms with van der Waals surface area (Å²) in [6.45, 7) is 9.96. The van der Waals surface area contributed by atoms with Crippen LogP contribution in [0.25, 0.3) is 0 Å². The summed E-state index contributed by atoms with van der Waals surface area (Å²) in [4.78, 5) is 24.2. The van der Waals surface area contributed by atoms with Crippen molar-refractivity contribution in [2.45, 2.75) is 51.4 Å². The molecule has 28 heavy (non-hydrogen) atoms. The van der Waals surface area contributed by atoms with Crippen LogP contribution in [-0.4, -0.2) is 31.8 Å². The normalized spacial score (nSPS) is 12.7. The molecule has 0 heterocycles. The molecule has 1 aromatic rings. The fourth-order valence-electron chi connectivity index (χ4n) is 2.24. The molecule has 1 aromatic carbocycles. The number of hydrogen-bond donors (Lipinski definition) is 3. The fraction of sp³-hybridized carbons (Fsp3) is 0.500. The lowest BCUT2D eigenvalue weighted by atomic mass is 10.0. The molecule has 6 nitrogen and oxygen atoms in total. The second kappa shape index (κ2) is 9.42. The standard InChI is InChI=1S/C18H27F2N3O3SSi/c1-18(2,3)28(5,6)15(24)10-14(11-7-12(19)9-13(20)8-11)21-16(27)22-23-17(25)26-4/h7-9,14H,10H2,1-6H3,(H,23,25)(H2,21,22,27). The van der Waals surface area contributed by atoms with Gasteiger partial charge >= 0.3 is 6.09 Å². The summed E-state index contributed by atoms with van der Waals surface area (Å²) in [6.07, 6.45) is -0.769. The Hall–Kier alpha value is -2.07. The Bertz CT molecular complexity index is 734. The van der Waals surface area contributed by atoms with E-state index in [4.69, 9.17) is 12.2 Å². The summed E-state index contributed by atoms with van der Waals surface area (Å²) in [7, 11) is -1.16. The number of ether oxygens (including phenoxy) is 1. The molecule has 10 heteroatoms. The Morgan fingerprint density at radius 2 is 1.68 bits per heavy atom. The number of halogens is 2. The Balaban J connectivity index is 3.09. The molecule has 0 aliphatic rings. The SMILES string of the molecule is COC(=O)NNC(=S)NC(CC(=O)[Si](C)(C)C(C)(C)C)c1cc(F)cc(F)c1. The van der Waals surface area contributed by atoms with Crippen molar-refractivity contribution in [3.63, 3.8) is 0 Å². The molecule has 0 spiro atoms. The van der Waals surface area contributed by atoms with Crippen LogP contribution in [0.5, 0.6) is 0 Å². The number of nitrogens with one attached hydrogen (secondary N) is 3. The second-order valence-corrected chi connectivity index (χ2v) is 13.7. The minimum absolute atomic E-state index is 0.000566. The van der Waals surface area contributed by atoms with Crippen molar-refractivity contribution in [2.24, 2.45) is 0 Å². The summed E-state index contributed by atoms with van der Waals surface area (Å²) in [5.41, 5.74) is 4.84. The molecule has 1 atom stereocenters. The van der Waals surface area contributed by atoms with Crippen LogP contribution in [0.15, 0.2) is 18.2 Å². The molecule has 1 rings (SSSR count). The average Bonchev–Trinajstić information content (AvgIpc) is 2.56. The number of amides is 1. The largest absolute Gasteiger partial charge is 0.452 e. The minimum Gasteiger partial charge on any atom is -0.452 e. The number of carbonyl (C=O) groups is 2. The Labute approximate surface area is 170 Å². The molecule has 0 saturated carbocycles. The van der Waals surface area contributed by atoms with E-state index in [-0.39, 0.29) is 27.5 Å². The predicted octanol–water partition coefficient (Wildman–Crippen LogP) is 3.75. The van der Waals surface area contributed by atoms with Gasteiger partial charge in [-0.25, -0.2) is 19.0 Å². The molecule has 0 fully saturated rings. The number of hydrogen-bond acceptors (Lipinski definition) is 4. The first-order valence-corrected chi connectivity index (χ1v) is 12.1. The second-order valence-electron chi connectivity index (χ2n) is 7.97. The third kappa shape index (κ3) is 6.52. The molecule has 1 unspecified atom stereocenters. The molecule has 0 bridgehead atoms. The van der Waals surface area contributed by atoms with Crippen molar-refractivity contribution in [1.82, 2.24) is 16.2 Å². The summed E-state index contributed by atoms with van der Waals surface area (Å²) in [6, 6.07) is 2.28. The maximum Gasteiger partial charge on any atom is 0.425 e. The van der Waals surface area contributed by atoms with Gasteiger partial charge in [0.15, 0.2) is 5.11 Å². The van der Waals surface area contributed by atoms with Crippen molar-refractivity contribution in [3.8, 4) is 0 Å². The third-order valence-electron chi connectivity index (χ3n) is 5.02. The van der Waals surface area contributed by atoms with Crippen LogP contribution in [0.2, 0.25) is 18.1 Å². The van der Waals surface area contributed by atoms with Crippen molar-refractivity contribution >= 4 is 36.9 Å². The number of rotatable bonds is 5. The quantitative estimate of drug-likeness (QED) is 0.374. The van der Waals surface area contributed by atoms with Crippen LogP contribution < -0.4 is 16.2 Å².